The van der Waals surface area contributed by atoms with Crippen LogP contribution in [0.5, 0.6) is 0 Å². The fraction of sp³-hybridized carbons (Fsp3) is 0.350. The van der Waals surface area contributed by atoms with Crippen molar-refractivity contribution in [2.24, 2.45) is 0 Å². The fourth-order valence-electron chi connectivity index (χ4n) is 2.74. The van der Waals surface area contributed by atoms with Gasteiger partial charge < -0.3 is 4.90 Å². The topological polar surface area (TPSA) is 50.5 Å². The quantitative estimate of drug-likeness (QED) is 0.638. The van der Waals surface area contributed by atoms with E-state index < -0.39 is 0 Å². The largest absolute Gasteiger partial charge is 0.333 e. The van der Waals surface area contributed by atoms with Crippen LogP contribution in [0.1, 0.15) is 33.3 Å². The number of hydrogen-bond acceptors (Lipinski definition) is 4. The van der Waals surface area contributed by atoms with Gasteiger partial charge in [-0.15, -0.1) is 10.2 Å². The Balaban J connectivity index is 1.79. The molecule has 1 aromatic carbocycles. The van der Waals surface area contributed by atoms with Crippen molar-refractivity contribution >= 4 is 23.3 Å². The summed E-state index contributed by atoms with van der Waals surface area (Å²) in [7, 11) is 0. The lowest BCUT2D eigenvalue weighted by Crippen LogP contribution is -2.48. The zero-order valence-electron chi connectivity index (χ0n) is 15.6. The molecule has 0 fully saturated rings. The Kier molecular flexibility index (Phi) is 5.32. The van der Waals surface area contributed by atoms with Crippen molar-refractivity contribution in [3.05, 3.63) is 60.3 Å². The first-order valence-electron chi connectivity index (χ1n) is 8.68. The summed E-state index contributed by atoms with van der Waals surface area (Å²) in [6.07, 6.45) is 1.92. The molecule has 0 N–H and O–H groups in total. The van der Waals surface area contributed by atoms with Gasteiger partial charge in [0, 0.05) is 18.3 Å². The minimum atomic E-state index is -0.269. The molecule has 136 valence electrons. The summed E-state index contributed by atoms with van der Waals surface area (Å²) >= 11 is 1.44. The van der Waals surface area contributed by atoms with Crippen molar-refractivity contribution in [3.63, 3.8) is 0 Å². The predicted octanol–water partition coefficient (Wildman–Crippen LogP) is 4.04. The second kappa shape index (κ2) is 7.50. The van der Waals surface area contributed by atoms with Crippen LogP contribution in [0.25, 0.3) is 5.65 Å². The third-order valence-electron chi connectivity index (χ3n) is 4.17. The lowest BCUT2D eigenvalue weighted by molar-refractivity contribution is -0.135. The fourth-order valence-corrected chi connectivity index (χ4v) is 3.64. The zero-order valence-corrected chi connectivity index (χ0v) is 16.4. The summed E-state index contributed by atoms with van der Waals surface area (Å²) in [5, 5.41) is 8.86. The first-order chi connectivity index (χ1) is 12.4. The average Bonchev–Trinajstić information content (AvgIpc) is 3.02. The smallest absolute Gasteiger partial charge is 0.236 e. The van der Waals surface area contributed by atoms with E-state index in [1.165, 1.54) is 11.8 Å². The third kappa shape index (κ3) is 4.07. The molecule has 0 bridgehead atoms. The van der Waals surface area contributed by atoms with Gasteiger partial charge in [-0.05, 0) is 45.4 Å². The number of hydrogen-bond donors (Lipinski definition) is 0. The molecule has 5 nitrogen and oxygen atoms in total. The Labute approximate surface area is 158 Å². The van der Waals surface area contributed by atoms with Crippen LogP contribution in [-0.4, -0.2) is 36.2 Å². The molecule has 26 heavy (non-hydrogen) atoms. The number of carbonyl (C=O) groups is 1. The van der Waals surface area contributed by atoms with Gasteiger partial charge in [0.2, 0.25) is 5.91 Å². The molecule has 1 amide bonds. The summed E-state index contributed by atoms with van der Waals surface area (Å²) in [5.74, 6) is 0.0963. The maximum absolute atomic E-state index is 13.2. The summed E-state index contributed by atoms with van der Waals surface area (Å²) in [5.41, 5.74) is 1.64. The Morgan fingerprint density at radius 3 is 2.50 bits per heavy atom. The maximum Gasteiger partial charge on any atom is 0.236 e. The Hall–Kier alpha value is -2.34. The van der Waals surface area contributed by atoms with E-state index in [1.54, 1.807) is 0 Å². The first-order valence-corrected chi connectivity index (χ1v) is 9.56. The van der Waals surface area contributed by atoms with Crippen molar-refractivity contribution in [1.82, 2.24) is 19.5 Å². The molecule has 0 aliphatic carbocycles. The number of benzene rings is 1. The van der Waals surface area contributed by atoms with E-state index in [0.29, 0.717) is 6.54 Å². The standard InChI is InChI=1S/C20H24N4OS/c1-15(26-19-22-21-17-12-8-9-13-23(17)19)18(25)24(20(2,3)4)14-16-10-6-5-7-11-16/h5-13,15H,14H2,1-4H3/t15-/m1/s1. The molecule has 3 rings (SSSR count). The Bertz CT molecular complexity index is 885. The molecule has 0 saturated heterocycles. The number of rotatable bonds is 5. The molecule has 6 heteroatoms. The lowest BCUT2D eigenvalue weighted by atomic mass is 10.0. The van der Waals surface area contributed by atoms with Gasteiger partial charge in [-0.3, -0.25) is 9.20 Å². The van der Waals surface area contributed by atoms with Gasteiger partial charge in [0.05, 0.1) is 5.25 Å². The van der Waals surface area contributed by atoms with Crippen LogP contribution in [0, 0.1) is 0 Å². The van der Waals surface area contributed by atoms with Crippen molar-refractivity contribution < 1.29 is 4.79 Å². The first kappa shape index (κ1) is 18.5. The van der Waals surface area contributed by atoms with E-state index in [2.05, 4.69) is 43.1 Å². The van der Waals surface area contributed by atoms with E-state index in [0.717, 1.165) is 16.4 Å². The van der Waals surface area contributed by atoms with Crippen molar-refractivity contribution in [2.75, 3.05) is 0 Å². The van der Waals surface area contributed by atoms with Crippen LogP contribution in [0.2, 0.25) is 0 Å². The highest BCUT2D eigenvalue weighted by molar-refractivity contribution is 8.00. The van der Waals surface area contributed by atoms with Crippen molar-refractivity contribution in [1.29, 1.82) is 0 Å². The molecular formula is C20H24N4OS. The number of aromatic nitrogens is 3. The predicted molar refractivity (Wildman–Crippen MR) is 105 cm³/mol. The van der Waals surface area contributed by atoms with Crippen LogP contribution >= 0.6 is 11.8 Å². The van der Waals surface area contributed by atoms with Crippen LogP contribution in [0.15, 0.2) is 59.9 Å². The van der Waals surface area contributed by atoms with Gasteiger partial charge in [-0.25, -0.2) is 0 Å². The van der Waals surface area contributed by atoms with Crippen molar-refractivity contribution in [3.8, 4) is 0 Å². The van der Waals surface area contributed by atoms with Crippen LogP contribution in [0.3, 0.4) is 0 Å². The molecule has 0 aliphatic rings. The van der Waals surface area contributed by atoms with E-state index in [4.69, 9.17) is 0 Å². The number of nitrogens with zero attached hydrogens (tertiary/aromatic N) is 4. The van der Waals surface area contributed by atoms with E-state index in [9.17, 15) is 4.79 Å². The molecule has 0 unspecified atom stereocenters. The number of thioether (sulfide) groups is 1. The summed E-state index contributed by atoms with van der Waals surface area (Å²) in [6, 6.07) is 15.9. The monoisotopic (exact) mass is 368 g/mol. The number of amides is 1. The minimum Gasteiger partial charge on any atom is -0.333 e. The zero-order chi connectivity index (χ0) is 18.7. The maximum atomic E-state index is 13.2. The van der Waals surface area contributed by atoms with E-state index >= 15 is 0 Å². The van der Waals surface area contributed by atoms with E-state index in [-0.39, 0.29) is 16.7 Å². The number of fused-ring (bicyclic) bond motifs is 1. The van der Waals surface area contributed by atoms with Crippen LogP contribution in [0.4, 0.5) is 0 Å². The Morgan fingerprint density at radius 1 is 1.12 bits per heavy atom. The van der Waals surface area contributed by atoms with Gasteiger partial charge in [-0.1, -0.05) is 48.2 Å². The third-order valence-corrected chi connectivity index (χ3v) is 5.22. The molecule has 1 atom stereocenters. The van der Waals surface area contributed by atoms with Gasteiger partial charge in [0.1, 0.15) is 0 Å². The van der Waals surface area contributed by atoms with Crippen LogP contribution < -0.4 is 0 Å². The molecule has 3 aromatic rings. The van der Waals surface area contributed by atoms with E-state index in [1.807, 2.05) is 58.8 Å². The van der Waals surface area contributed by atoms with Gasteiger partial charge in [-0.2, -0.15) is 0 Å². The molecule has 0 spiro atoms. The molecule has 2 aromatic heterocycles. The molecule has 2 heterocycles. The Morgan fingerprint density at radius 2 is 1.81 bits per heavy atom. The highest BCUT2D eigenvalue weighted by Gasteiger charge is 2.31. The second-order valence-electron chi connectivity index (χ2n) is 7.25. The number of carbonyl (C=O) groups excluding carboxylic acids is 1. The van der Waals surface area contributed by atoms with Gasteiger partial charge >= 0.3 is 0 Å². The highest BCUT2D eigenvalue weighted by Crippen LogP contribution is 2.27. The average molecular weight is 369 g/mol. The van der Waals surface area contributed by atoms with Gasteiger partial charge in [0.25, 0.3) is 0 Å². The molecular weight excluding hydrogens is 344 g/mol. The molecule has 0 saturated carbocycles. The summed E-state index contributed by atoms with van der Waals surface area (Å²) in [4.78, 5) is 15.1. The second-order valence-corrected chi connectivity index (χ2v) is 8.56. The van der Waals surface area contributed by atoms with Crippen LogP contribution in [-0.2, 0) is 11.3 Å². The summed E-state index contributed by atoms with van der Waals surface area (Å²) < 4.78 is 1.91. The summed E-state index contributed by atoms with van der Waals surface area (Å²) in [6.45, 7) is 8.72. The molecule has 0 aliphatic heterocycles. The SMILES string of the molecule is C[C@@H](Sc1nnc2ccccn12)C(=O)N(Cc1ccccc1)C(C)(C)C. The van der Waals surface area contributed by atoms with Crippen molar-refractivity contribution in [2.45, 2.75) is 50.2 Å². The highest BCUT2D eigenvalue weighted by atomic mass is 32.2. The normalized spacial score (nSPS) is 12.9. The lowest BCUT2D eigenvalue weighted by Gasteiger charge is -2.37. The number of pyridine rings is 1. The van der Waals surface area contributed by atoms with Gasteiger partial charge in [0.15, 0.2) is 10.8 Å². The minimum absolute atomic E-state index is 0.0963. The molecule has 0 radical (unpaired) electrons.